The molecule has 2 heterocycles. The first kappa shape index (κ1) is 15.5. The third kappa shape index (κ3) is 2.57. The van der Waals surface area contributed by atoms with Crippen molar-refractivity contribution in [1.82, 2.24) is 24.7 Å². The molecule has 0 aliphatic heterocycles. The summed E-state index contributed by atoms with van der Waals surface area (Å²) < 4.78 is 2.04. The Morgan fingerprint density at radius 3 is 2.88 bits per heavy atom. The quantitative estimate of drug-likeness (QED) is 0.790. The average molecular weight is 347 g/mol. The molecule has 2 aliphatic carbocycles. The smallest absolute Gasteiger partial charge is 0.266 e. The third-order valence-corrected chi connectivity index (χ3v) is 5.62. The number of H-pyrrole nitrogens is 1. The zero-order chi connectivity index (χ0) is 17.7. The van der Waals surface area contributed by atoms with E-state index in [-0.39, 0.29) is 11.6 Å². The Balaban J connectivity index is 1.65. The zero-order valence-electron chi connectivity index (χ0n) is 14.7. The molecule has 26 heavy (non-hydrogen) atoms. The highest BCUT2D eigenvalue weighted by Crippen LogP contribution is 2.46. The number of aromatic amines is 1. The van der Waals surface area contributed by atoms with Crippen LogP contribution in [0.5, 0.6) is 0 Å². The molecule has 1 N–H and O–H groups in total. The summed E-state index contributed by atoms with van der Waals surface area (Å²) in [6.07, 6.45) is 7.37. The van der Waals surface area contributed by atoms with Crippen LogP contribution in [0.15, 0.2) is 41.5 Å². The van der Waals surface area contributed by atoms with E-state index in [9.17, 15) is 4.79 Å². The normalized spacial score (nSPS) is 24.3. The zero-order valence-corrected chi connectivity index (χ0v) is 14.7. The van der Waals surface area contributed by atoms with Crippen molar-refractivity contribution in [2.24, 2.45) is 5.92 Å². The second kappa shape index (κ2) is 5.90. The number of nitrogens with one attached hydrogen (secondary N) is 1. The van der Waals surface area contributed by atoms with Gasteiger partial charge in [-0.3, -0.25) is 4.79 Å². The van der Waals surface area contributed by atoms with Crippen LogP contribution < -0.4 is 5.56 Å². The molecule has 5 rings (SSSR count). The van der Waals surface area contributed by atoms with Crippen molar-refractivity contribution in [3.8, 4) is 11.5 Å². The van der Waals surface area contributed by atoms with Crippen molar-refractivity contribution < 1.29 is 0 Å². The second-order valence-corrected chi connectivity index (χ2v) is 7.46. The van der Waals surface area contributed by atoms with Crippen LogP contribution in [-0.2, 0) is 6.42 Å². The topological polar surface area (TPSA) is 76.5 Å². The van der Waals surface area contributed by atoms with Gasteiger partial charge < -0.3 is 4.98 Å². The van der Waals surface area contributed by atoms with Crippen molar-refractivity contribution in [3.63, 3.8) is 0 Å². The van der Waals surface area contributed by atoms with E-state index in [1.54, 1.807) is 6.20 Å². The summed E-state index contributed by atoms with van der Waals surface area (Å²) in [7, 11) is 0. The van der Waals surface area contributed by atoms with Gasteiger partial charge in [-0.1, -0.05) is 31.2 Å². The molecule has 0 amide bonds. The maximum atomic E-state index is 11.4. The van der Waals surface area contributed by atoms with Crippen LogP contribution in [0.25, 0.3) is 11.5 Å². The van der Waals surface area contributed by atoms with Crippen molar-refractivity contribution in [2.45, 2.75) is 44.6 Å². The number of rotatable bonds is 3. The standard InChI is InChI=1S/C20H21N5O/c1-12-9-15(12)19-23-20(16-10-22-18(26)11-21-16)25(24-19)17-8-4-6-13-5-2-3-7-14(13)17/h2-3,5,7,10-12,15,17H,4,6,8-9H2,1H3,(H,22,26)/t12-,15-,17?/m1/s1. The van der Waals surface area contributed by atoms with Crippen molar-refractivity contribution in [2.75, 3.05) is 0 Å². The maximum Gasteiger partial charge on any atom is 0.266 e. The number of hydrogen-bond donors (Lipinski definition) is 1. The first-order chi connectivity index (χ1) is 12.7. The van der Waals surface area contributed by atoms with Gasteiger partial charge in [0.05, 0.1) is 12.2 Å². The summed E-state index contributed by atoms with van der Waals surface area (Å²) in [6, 6.07) is 8.77. The van der Waals surface area contributed by atoms with E-state index in [0.29, 0.717) is 17.5 Å². The van der Waals surface area contributed by atoms with Crippen LogP contribution in [0, 0.1) is 5.92 Å². The molecule has 1 unspecified atom stereocenters. The lowest BCUT2D eigenvalue weighted by Gasteiger charge is -2.26. The fourth-order valence-corrected chi connectivity index (χ4v) is 4.02. The summed E-state index contributed by atoms with van der Waals surface area (Å²) in [5.41, 5.74) is 3.17. The second-order valence-electron chi connectivity index (χ2n) is 7.46. The Labute approximate surface area is 151 Å². The lowest BCUT2D eigenvalue weighted by molar-refractivity contribution is 0.451. The summed E-state index contributed by atoms with van der Waals surface area (Å²) in [5, 5.41) is 4.92. The van der Waals surface area contributed by atoms with Gasteiger partial charge in [0.1, 0.15) is 5.69 Å². The molecule has 0 spiro atoms. The van der Waals surface area contributed by atoms with Crippen LogP contribution in [0.4, 0.5) is 0 Å². The fourth-order valence-electron chi connectivity index (χ4n) is 4.02. The number of fused-ring (bicyclic) bond motifs is 1. The summed E-state index contributed by atoms with van der Waals surface area (Å²) >= 11 is 0. The van der Waals surface area contributed by atoms with Crippen molar-refractivity contribution in [1.29, 1.82) is 0 Å². The molecule has 2 aliphatic rings. The monoisotopic (exact) mass is 347 g/mol. The fraction of sp³-hybridized carbons (Fsp3) is 0.400. The molecule has 1 fully saturated rings. The Bertz CT molecular complexity index is 1000. The third-order valence-electron chi connectivity index (χ3n) is 5.62. The molecule has 6 heteroatoms. The first-order valence-electron chi connectivity index (χ1n) is 9.30. The van der Waals surface area contributed by atoms with Gasteiger partial charge in [-0.2, -0.15) is 5.10 Å². The van der Waals surface area contributed by atoms with E-state index in [4.69, 9.17) is 10.1 Å². The summed E-state index contributed by atoms with van der Waals surface area (Å²) in [5.74, 6) is 2.73. The van der Waals surface area contributed by atoms with Crippen LogP contribution in [0.3, 0.4) is 0 Å². The van der Waals surface area contributed by atoms with Gasteiger partial charge in [0.15, 0.2) is 11.6 Å². The Hall–Kier alpha value is -2.76. The number of hydrogen-bond acceptors (Lipinski definition) is 4. The largest absolute Gasteiger partial charge is 0.325 e. The Morgan fingerprint density at radius 2 is 2.12 bits per heavy atom. The van der Waals surface area contributed by atoms with Gasteiger partial charge in [0, 0.05) is 12.1 Å². The lowest BCUT2D eigenvalue weighted by atomic mass is 9.88. The summed E-state index contributed by atoms with van der Waals surface area (Å²) in [4.78, 5) is 23.3. The molecule has 3 aromatic rings. The Kier molecular flexibility index (Phi) is 3.51. The van der Waals surface area contributed by atoms with Gasteiger partial charge in [0.2, 0.25) is 0 Å². The molecule has 1 saturated carbocycles. The van der Waals surface area contributed by atoms with E-state index in [2.05, 4.69) is 41.2 Å². The number of aromatic nitrogens is 5. The van der Waals surface area contributed by atoms with E-state index < -0.39 is 0 Å². The Morgan fingerprint density at radius 1 is 1.27 bits per heavy atom. The number of aryl methyl sites for hydroxylation is 1. The number of benzene rings is 1. The molecule has 2 aromatic heterocycles. The minimum atomic E-state index is -0.209. The van der Waals surface area contributed by atoms with Crippen molar-refractivity contribution >= 4 is 0 Å². The molecule has 0 bridgehead atoms. The molecule has 6 nitrogen and oxygen atoms in total. The van der Waals surface area contributed by atoms with E-state index >= 15 is 0 Å². The van der Waals surface area contributed by atoms with E-state index in [0.717, 1.165) is 37.3 Å². The average Bonchev–Trinajstić information content (AvgIpc) is 3.24. The lowest BCUT2D eigenvalue weighted by Crippen LogP contribution is -2.20. The van der Waals surface area contributed by atoms with Gasteiger partial charge in [-0.15, -0.1) is 0 Å². The van der Waals surface area contributed by atoms with Crippen LogP contribution in [0.2, 0.25) is 0 Å². The predicted molar refractivity (Wildman–Crippen MR) is 97.9 cm³/mol. The van der Waals surface area contributed by atoms with Crippen LogP contribution in [-0.4, -0.2) is 24.7 Å². The highest BCUT2D eigenvalue weighted by molar-refractivity contribution is 5.49. The minimum absolute atomic E-state index is 0.166. The number of nitrogens with zero attached hydrogens (tertiary/aromatic N) is 4. The summed E-state index contributed by atoms with van der Waals surface area (Å²) in [6.45, 7) is 2.24. The molecule has 132 valence electrons. The van der Waals surface area contributed by atoms with Crippen LogP contribution in [0.1, 0.15) is 55.1 Å². The van der Waals surface area contributed by atoms with E-state index in [1.165, 1.54) is 17.3 Å². The van der Waals surface area contributed by atoms with Crippen LogP contribution >= 0.6 is 0 Å². The van der Waals surface area contributed by atoms with Gasteiger partial charge in [-0.05, 0) is 42.7 Å². The first-order valence-corrected chi connectivity index (χ1v) is 9.30. The van der Waals surface area contributed by atoms with Gasteiger partial charge >= 0.3 is 0 Å². The van der Waals surface area contributed by atoms with E-state index in [1.807, 2.05) is 4.68 Å². The molecule has 0 radical (unpaired) electrons. The maximum absolute atomic E-state index is 11.4. The molecule has 0 saturated heterocycles. The minimum Gasteiger partial charge on any atom is -0.325 e. The molecule has 3 atom stereocenters. The highest BCUT2D eigenvalue weighted by atomic mass is 16.1. The highest BCUT2D eigenvalue weighted by Gasteiger charge is 2.39. The predicted octanol–water partition coefficient (Wildman–Crippen LogP) is 3.08. The molecule has 1 aromatic carbocycles. The van der Waals surface area contributed by atoms with Crippen molar-refractivity contribution in [3.05, 3.63) is 64.0 Å². The van der Waals surface area contributed by atoms with Gasteiger partial charge in [-0.25, -0.2) is 14.6 Å². The molecular weight excluding hydrogens is 326 g/mol. The SMILES string of the molecule is C[C@@H]1C[C@H]1c1nc(-c2c[nH]c(=O)cn2)n(C2CCCc3ccccc32)n1. The van der Waals surface area contributed by atoms with Gasteiger partial charge in [0.25, 0.3) is 5.56 Å². The molecular formula is C20H21N5O.